The van der Waals surface area contributed by atoms with Crippen molar-refractivity contribution in [3.63, 3.8) is 0 Å². The number of amides is 4. The van der Waals surface area contributed by atoms with Crippen LogP contribution in [-0.2, 0) is 19.1 Å². The van der Waals surface area contributed by atoms with E-state index in [1.165, 1.54) is 0 Å². The summed E-state index contributed by atoms with van der Waals surface area (Å²) in [5, 5.41) is 12.5. The number of carboxylic acids is 1. The molecule has 1 fully saturated rings. The van der Waals surface area contributed by atoms with Crippen LogP contribution >= 0.6 is 0 Å². The van der Waals surface area contributed by atoms with Gasteiger partial charge < -0.3 is 20.1 Å². The molecule has 0 unspecified atom stereocenters. The molecule has 0 aromatic heterocycles. The average molecular weight is 299 g/mol. The first-order chi connectivity index (χ1) is 9.99. The van der Waals surface area contributed by atoms with E-state index in [2.05, 4.69) is 5.32 Å². The van der Waals surface area contributed by atoms with Crippen LogP contribution < -0.4 is 10.6 Å². The molecule has 0 aliphatic carbocycles. The molecule has 1 rings (SSSR count). The van der Waals surface area contributed by atoms with Crippen molar-refractivity contribution >= 4 is 23.8 Å². The highest BCUT2D eigenvalue weighted by Crippen LogP contribution is 1.99. The minimum Gasteiger partial charge on any atom is -0.478 e. The van der Waals surface area contributed by atoms with Crippen molar-refractivity contribution in [3.8, 4) is 0 Å². The molecule has 4 amide bonds. The Labute approximate surface area is 120 Å². The maximum absolute atomic E-state index is 11.7. The van der Waals surface area contributed by atoms with Gasteiger partial charge in [0, 0.05) is 38.2 Å². The summed E-state index contributed by atoms with van der Waals surface area (Å²) in [4.78, 5) is 45.9. The lowest BCUT2D eigenvalue weighted by Crippen LogP contribution is -2.43. The molecule has 1 saturated heterocycles. The predicted molar refractivity (Wildman–Crippen MR) is 70.3 cm³/mol. The van der Waals surface area contributed by atoms with E-state index >= 15 is 0 Å². The van der Waals surface area contributed by atoms with E-state index in [4.69, 9.17) is 9.84 Å². The maximum Gasteiger partial charge on any atom is 0.328 e. The smallest absolute Gasteiger partial charge is 0.328 e. The highest BCUT2D eigenvalue weighted by Gasteiger charge is 2.16. The summed E-state index contributed by atoms with van der Waals surface area (Å²) in [6, 6.07) is -0.787. The summed E-state index contributed by atoms with van der Waals surface area (Å²) in [6.45, 7) is 2.15. The number of nitrogens with one attached hydrogen (secondary N) is 2. The first-order valence-electron chi connectivity index (χ1n) is 6.34. The normalized spacial score (nSPS) is 14.8. The van der Waals surface area contributed by atoms with E-state index in [-0.39, 0.29) is 18.9 Å². The molecular weight excluding hydrogens is 282 g/mol. The number of nitrogens with zero attached hydrogens (tertiary/aromatic N) is 1. The lowest BCUT2D eigenvalue weighted by atomic mass is 10.3. The molecule has 0 aromatic carbocycles. The van der Waals surface area contributed by atoms with Gasteiger partial charge in [-0.3, -0.25) is 14.9 Å². The number of carbonyl (C=O) groups is 4. The second-order valence-electron chi connectivity index (χ2n) is 4.16. The number of hydrogen-bond donors (Lipinski definition) is 3. The first-order valence-corrected chi connectivity index (χ1v) is 6.34. The van der Waals surface area contributed by atoms with Crippen LogP contribution in [-0.4, -0.2) is 66.7 Å². The van der Waals surface area contributed by atoms with Gasteiger partial charge in [-0.2, -0.15) is 0 Å². The van der Waals surface area contributed by atoms with Crippen molar-refractivity contribution in [2.24, 2.45) is 0 Å². The SMILES string of the molecule is O=C(O)/C=C/C(=O)NC(=O)NCCC(=O)N1CCOCC1. The molecule has 0 saturated carbocycles. The number of rotatable bonds is 5. The molecule has 1 aliphatic rings. The molecular formula is C12H17N3O6. The number of aliphatic carboxylic acids is 1. The van der Waals surface area contributed by atoms with Crippen LogP contribution in [0.3, 0.4) is 0 Å². The van der Waals surface area contributed by atoms with Gasteiger partial charge in [0.2, 0.25) is 5.91 Å². The van der Waals surface area contributed by atoms with Crippen molar-refractivity contribution in [2.75, 3.05) is 32.8 Å². The lowest BCUT2D eigenvalue weighted by molar-refractivity contribution is -0.135. The highest BCUT2D eigenvalue weighted by atomic mass is 16.5. The molecule has 9 heteroatoms. The number of ether oxygens (including phenoxy) is 1. The fraction of sp³-hybridized carbons (Fsp3) is 0.500. The molecule has 3 N–H and O–H groups in total. The van der Waals surface area contributed by atoms with E-state index in [0.29, 0.717) is 32.4 Å². The molecule has 9 nitrogen and oxygen atoms in total. The molecule has 0 radical (unpaired) electrons. The number of hydrogen-bond acceptors (Lipinski definition) is 5. The van der Waals surface area contributed by atoms with Gasteiger partial charge in [-0.05, 0) is 0 Å². The fourth-order valence-corrected chi connectivity index (χ4v) is 1.60. The Morgan fingerprint density at radius 1 is 1.14 bits per heavy atom. The number of carbonyl (C=O) groups excluding carboxylic acids is 3. The van der Waals surface area contributed by atoms with Crippen LogP contribution in [0.4, 0.5) is 4.79 Å². The molecule has 1 aliphatic heterocycles. The summed E-state index contributed by atoms with van der Waals surface area (Å²) in [6.07, 6.45) is 1.46. The zero-order valence-electron chi connectivity index (χ0n) is 11.3. The van der Waals surface area contributed by atoms with Crippen molar-refractivity contribution in [1.82, 2.24) is 15.5 Å². The van der Waals surface area contributed by atoms with Gasteiger partial charge in [0.25, 0.3) is 5.91 Å². The van der Waals surface area contributed by atoms with Gasteiger partial charge in [-0.15, -0.1) is 0 Å². The Balaban J connectivity index is 2.19. The molecule has 0 spiro atoms. The Hall–Kier alpha value is -2.42. The molecule has 0 aromatic rings. The molecule has 21 heavy (non-hydrogen) atoms. The van der Waals surface area contributed by atoms with Crippen molar-refractivity contribution in [1.29, 1.82) is 0 Å². The number of carboxylic acid groups (broad SMARTS) is 1. The zero-order valence-corrected chi connectivity index (χ0v) is 11.3. The number of morpholine rings is 1. The van der Waals surface area contributed by atoms with Gasteiger partial charge in [0.15, 0.2) is 0 Å². The summed E-state index contributed by atoms with van der Waals surface area (Å²) >= 11 is 0. The van der Waals surface area contributed by atoms with Crippen LogP contribution in [0, 0.1) is 0 Å². The first kappa shape index (κ1) is 16.6. The second-order valence-corrected chi connectivity index (χ2v) is 4.16. The minimum absolute atomic E-state index is 0.0813. The van der Waals surface area contributed by atoms with Crippen molar-refractivity contribution < 1.29 is 29.0 Å². The highest BCUT2D eigenvalue weighted by molar-refractivity contribution is 6.02. The van der Waals surface area contributed by atoms with E-state index < -0.39 is 17.9 Å². The largest absolute Gasteiger partial charge is 0.478 e. The zero-order chi connectivity index (χ0) is 15.7. The molecule has 0 atom stereocenters. The summed E-state index contributed by atoms with van der Waals surface area (Å²) < 4.78 is 5.12. The van der Waals surface area contributed by atoms with Crippen molar-refractivity contribution in [3.05, 3.63) is 12.2 Å². The fourth-order valence-electron chi connectivity index (χ4n) is 1.60. The standard InChI is InChI=1S/C12H17N3O6/c16-9(1-2-11(18)19)14-12(20)13-4-3-10(17)15-5-7-21-8-6-15/h1-2H,3-8H2,(H,18,19)(H2,13,14,16,20)/b2-1+. The van der Waals surface area contributed by atoms with E-state index in [0.717, 1.165) is 6.08 Å². The lowest BCUT2D eigenvalue weighted by Gasteiger charge is -2.26. The third kappa shape index (κ3) is 7.06. The number of urea groups is 1. The molecule has 116 valence electrons. The van der Waals surface area contributed by atoms with Gasteiger partial charge in [-0.1, -0.05) is 0 Å². The van der Waals surface area contributed by atoms with Gasteiger partial charge >= 0.3 is 12.0 Å². The van der Waals surface area contributed by atoms with Gasteiger partial charge in [-0.25, -0.2) is 9.59 Å². The quantitative estimate of drug-likeness (QED) is 0.542. The van der Waals surface area contributed by atoms with Crippen LogP contribution in [0.1, 0.15) is 6.42 Å². The predicted octanol–water partition coefficient (Wildman–Crippen LogP) is -1.30. The Kier molecular flexibility index (Phi) is 6.88. The molecule has 1 heterocycles. The van der Waals surface area contributed by atoms with E-state index in [1.807, 2.05) is 5.32 Å². The van der Waals surface area contributed by atoms with Gasteiger partial charge in [0.05, 0.1) is 13.2 Å². The van der Waals surface area contributed by atoms with Crippen LogP contribution in [0.15, 0.2) is 12.2 Å². The summed E-state index contributed by atoms with van der Waals surface area (Å²) in [5.41, 5.74) is 0. The average Bonchev–Trinajstić information content (AvgIpc) is 2.46. The maximum atomic E-state index is 11.7. The minimum atomic E-state index is -1.29. The van der Waals surface area contributed by atoms with Crippen LogP contribution in [0.2, 0.25) is 0 Å². The Morgan fingerprint density at radius 2 is 1.81 bits per heavy atom. The van der Waals surface area contributed by atoms with E-state index in [9.17, 15) is 19.2 Å². The van der Waals surface area contributed by atoms with Crippen LogP contribution in [0.25, 0.3) is 0 Å². The third-order valence-corrected chi connectivity index (χ3v) is 2.60. The topological polar surface area (TPSA) is 125 Å². The Bertz CT molecular complexity index is 442. The van der Waals surface area contributed by atoms with Crippen molar-refractivity contribution in [2.45, 2.75) is 6.42 Å². The second kappa shape index (κ2) is 8.69. The van der Waals surface area contributed by atoms with Crippen LogP contribution in [0.5, 0.6) is 0 Å². The number of imide groups is 1. The summed E-state index contributed by atoms with van der Waals surface area (Å²) in [7, 11) is 0. The monoisotopic (exact) mass is 299 g/mol. The molecule has 0 bridgehead atoms. The van der Waals surface area contributed by atoms with Gasteiger partial charge in [0.1, 0.15) is 0 Å². The summed E-state index contributed by atoms with van der Waals surface area (Å²) in [5.74, 6) is -2.24. The van der Waals surface area contributed by atoms with E-state index in [1.54, 1.807) is 4.90 Å². The Morgan fingerprint density at radius 3 is 2.43 bits per heavy atom. The third-order valence-electron chi connectivity index (χ3n) is 2.60.